The van der Waals surface area contributed by atoms with Gasteiger partial charge >= 0.3 is 0 Å². The van der Waals surface area contributed by atoms with Crippen molar-refractivity contribution < 1.29 is 9.53 Å². The first-order valence-corrected chi connectivity index (χ1v) is 3.44. The van der Waals surface area contributed by atoms with Crippen LogP contribution in [0.1, 0.15) is 0 Å². The van der Waals surface area contributed by atoms with Crippen molar-refractivity contribution in [3.8, 4) is 5.75 Å². The van der Waals surface area contributed by atoms with Crippen molar-refractivity contribution in [3.63, 3.8) is 0 Å². The molecule has 0 saturated heterocycles. The highest BCUT2D eigenvalue weighted by Crippen LogP contribution is 2.20. The average Bonchev–Trinajstić information content (AvgIpc) is 2.53. The molecule has 12 heavy (non-hydrogen) atoms. The number of hydrogen-bond acceptors (Lipinski definition) is 3. The number of benzene rings is 1. The van der Waals surface area contributed by atoms with Gasteiger partial charge in [-0.25, -0.2) is 4.98 Å². The Morgan fingerprint density at radius 2 is 2.42 bits per heavy atom. The number of aromatic nitrogens is 2. The van der Waals surface area contributed by atoms with E-state index in [-0.39, 0.29) is 0 Å². The first-order valence-electron chi connectivity index (χ1n) is 3.44. The Balaban J connectivity index is 2.65. The molecule has 1 aromatic carbocycles. The Morgan fingerprint density at radius 1 is 1.50 bits per heavy atom. The Labute approximate surface area is 68.2 Å². The molecule has 4 nitrogen and oxygen atoms in total. The molecular weight excluding hydrogens is 156 g/mol. The molecule has 0 amide bonds. The summed E-state index contributed by atoms with van der Waals surface area (Å²) in [5.41, 5.74) is 1.53. The molecule has 0 saturated carbocycles. The number of rotatable bonds is 2. The number of carbonyl (C=O) groups is 1. The average molecular weight is 162 g/mol. The van der Waals surface area contributed by atoms with Gasteiger partial charge in [0.15, 0.2) is 5.75 Å². The third-order valence-corrected chi connectivity index (χ3v) is 1.59. The lowest BCUT2D eigenvalue weighted by Crippen LogP contribution is -1.88. The first kappa shape index (κ1) is 6.84. The minimum atomic E-state index is 0.392. The molecule has 0 radical (unpaired) electrons. The summed E-state index contributed by atoms with van der Waals surface area (Å²) in [5.74, 6) is 0.476. The number of imidazole rings is 1. The van der Waals surface area contributed by atoms with Gasteiger partial charge in [-0.2, -0.15) is 0 Å². The van der Waals surface area contributed by atoms with Crippen LogP contribution in [0.15, 0.2) is 24.5 Å². The molecule has 0 aliphatic heterocycles. The number of aromatic amines is 1. The molecule has 60 valence electrons. The fourth-order valence-corrected chi connectivity index (χ4v) is 1.09. The Hall–Kier alpha value is -1.84. The van der Waals surface area contributed by atoms with Gasteiger partial charge in [0, 0.05) is 0 Å². The molecule has 0 aliphatic rings. The lowest BCUT2D eigenvalue weighted by Gasteiger charge is -1.96. The van der Waals surface area contributed by atoms with E-state index in [0.717, 1.165) is 5.52 Å². The van der Waals surface area contributed by atoms with Crippen LogP contribution in [-0.2, 0) is 4.79 Å². The molecular formula is C8H6N2O2. The summed E-state index contributed by atoms with van der Waals surface area (Å²) in [6.07, 6.45) is 1.56. The third kappa shape index (κ3) is 0.934. The molecule has 1 heterocycles. The van der Waals surface area contributed by atoms with Crippen molar-refractivity contribution in [2.75, 3.05) is 0 Å². The van der Waals surface area contributed by atoms with Crippen LogP contribution >= 0.6 is 0 Å². The van der Waals surface area contributed by atoms with Crippen LogP contribution in [0, 0.1) is 0 Å². The van der Waals surface area contributed by atoms with Crippen LogP contribution in [0.4, 0.5) is 0 Å². The smallest absolute Gasteiger partial charge is 0.298 e. The van der Waals surface area contributed by atoms with E-state index in [1.54, 1.807) is 18.5 Å². The summed E-state index contributed by atoms with van der Waals surface area (Å²) >= 11 is 0. The molecule has 0 aliphatic carbocycles. The largest absolute Gasteiger partial charge is 0.426 e. The number of hydrogen-bond donors (Lipinski definition) is 1. The normalized spacial score (nSPS) is 10.0. The summed E-state index contributed by atoms with van der Waals surface area (Å²) in [7, 11) is 0. The maximum Gasteiger partial charge on any atom is 0.298 e. The third-order valence-electron chi connectivity index (χ3n) is 1.59. The molecule has 0 unspecified atom stereocenters. The number of fused-ring (bicyclic) bond motifs is 1. The molecule has 0 bridgehead atoms. The van der Waals surface area contributed by atoms with Crippen LogP contribution in [0.5, 0.6) is 5.75 Å². The standard InChI is InChI=1S/C8H6N2O2/c11-5-12-7-3-1-2-6-8(7)10-4-9-6/h1-5H,(H,9,10). The van der Waals surface area contributed by atoms with Crippen molar-refractivity contribution in [3.05, 3.63) is 24.5 Å². The minimum Gasteiger partial charge on any atom is -0.426 e. The Morgan fingerprint density at radius 3 is 3.25 bits per heavy atom. The number of ether oxygens (including phenoxy) is 1. The van der Waals surface area contributed by atoms with E-state index in [4.69, 9.17) is 4.74 Å². The second kappa shape index (κ2) is 2.65. The molecule has 4 heteroatoms. The number of carbonyl (C=O) groups excluding carboxylic acids is 1. The van der Waals surface area contributed by atoms with Gasteiger partial charge in [0.1, 0.15) is 5.52 Å². The topological polar surface area (TPSA) is 55.0 Å². The quantitative estimate of drug-likeness (QED) is 0.672. The van der Waals surface area contributed by atoms with Crippen molar-refractivity contribution >= 4 is 17.5 Å². The molecule has 1 N–H and O–H groups in total. The van der Waals surface area contributed by atoms with E-state index in [9.17, 15) is 4.79 Å². The number of nitrogens with zero attached hydrogens (tertiary/aromatic N) is 1. The van der Waals surface area contributed by atoms with Gasteiger partial charge in [-0.15, -0.1) is 0 Å². The number of para-hydroxylation sites is 1. The molecule has 1 aromatic heterocycles. The zero-order chi connectivity index (χ0) is 8.39. The van der Waals surface area contributed by atoms with Gasteiger partial charge in [0.2, 0.25) is 0 Å². The van der Waals surface area contributed by atoms with Gasteiger partial charge in [0.05, 0.1) is 11.8 Å². The fraction of sp³-hybridized carbons (Fsp3) is 0. The van der Waals surface area contributed by atoms with E-state index in [1.807, 2.05) is 6.07 Å². The zero-order valence-corrected chi connectivity index (χ0v) is 6.15. The minimum absolute atomic E-state index is 0.392. The highest BCUT2D eigenvalue weighted by Gasteiger charge is 2.02. The maximum absolute atomic E-state index is 10.1. The fourth-order valence-electron chi connectivity index (χ4n) is 1.09. The summed E-state index contributed by atoms with van der Waals surface area (Å²) in [6.45, 7) is 0.392. The van der Waals surface area contributed by atoms with Gasteiger partial charge < -0.3 is 9.72 Å². The van der Waals surface area contributed by atoms with Gasteiger partial charge in [0.25, 0.3) is 6.47 Å². The van der Waals surface area contributed by atoms with Crippen LogP contribution in [0.2, 0.25) is 0 Å². The first-order chi connectivity index (χ1) is 5.92. The second-order valence-corrected chi connectivity index (χ2v) is 2.27. The zero-order valence-electron chi connectivity index (χ0n) is 6.15. The van der Waals surface area contributed by atoms with E-state index in [1.165, 1.54) is 0 Å². The monoisotopic (exact) mass is 162 g/mol. The Bertz CT molecular complexity index is 408. The van der Waals surface area contributed by atoms with Gasteiger partial charge in [-0.3, -0.25) is 4.79 Å². The van der Waals surface area contributed by atoms with Crippen LogP contribution in [0.25, 0.3) is 11.0 Å². The molecule has 2 rings (SSSR count). The molecule has 0 fully saturated rings. The van der Waals surface area contributed by atoms with E-state index < -0.39 is 0 Å². The molecule has 0 atom stereocenters. The number of nitrogens with one attached hydrogen (secondary N) is 1. The number of H-pyrrole nitrogens is 1. The summed E-state index contributed by atoms with van der Waals surface area (Å²) in [5, 5.41) is 0. The van der Waals surface area contributed by atoms with Gasteiger partial charge in [-0.05, 0) is 12.1 Å². The van der Waals surface area contributed by atoms with E-state index >= 15 is 0 Å². The van der Waals surface area contributed by atoms with Gasteiger partial charge in [-0.1, -0.05) is 6.07 Å². The van der Waals surface area contributed by atoms with Crippen LogP contribution in [-0.4, -0.2) is 16.4 Å². The SMILES string of the molecule is O=COc1cccc2[nH]cnc12. The molecule has 0 spiro atoms. The summed E-state index contributed by atoms with van der Waals surface area (Å²) in [6, 6.07) is 5.34. The lowest BCUT2D eigenvalue weighted by molar-refractivity contribution is -0.120. The van der Waals surface area contributed by atoms with E-state index in [0.29, 0.717) is 17.7 Å². The van der Waals surface area contributed by atoms with Crippen molar-refractivity contribution in [2.45, 2.75) is 0 Å². The maximum atomic E-state index is 10.1. The predicted molar refractivity (Wildman–Crippen MR) is 42.8 cm³/mol. The van der Waals surface area contributed by atoms with Crippen molar-refractivity contribution in [2.24, 2.45) is 0 Å². The summed E-state index contributed by atoms with van der Waals surface area (Å²) < 4.78 is 4.71. The summed E-state index contributed by atoms with van der Waals surface area (Å²) in [4.78, 5) is 17.0. The highest BCUT2D eigenvalue weighted by molar-refractivity contribution is 5.82. The second-order valence-electron chi connectivity index (χ2n) is 2.27. The Kier molecular flexibility index (Phi) is 1.51. The molecule has 2 aromatic rings. The van der Waals surface area contributed by atoms with E-state index in [2.05, 4.69) is 9.97 Å². The van der Waals surface area contributed by atoms with Crippen molar-refractivity contribution in [1.82, 2.24) is 9.97 Å². The van der Waals surface area contributed by atoms with Crippen LogP contribution < -0.4 is 4.74 Å². The predicted octanol–water partition coefficient (Wildman–Crippen LogP) is 1.10. The highest BCUT2D eigenvalue weighted by atomic mass is 16.5. The van der Waals surface area contributed by atoms with Crippen LogP contribution in [0.3, 0.4) is 0 Å². The van der Waals surface area contributed by atoms with Crippen molar-refractivity contribution in [1.29, 1.82) is 0 Å². The lowest BCUT2D eigenvalue weighted by atomic mass is 10.3.